The van der Waals surface area contributed by atoms with Gasteiger partial charge in [0.1, 0.15) is 5.78 Å². The van der Waals surface area contributed by atoms with Gasteiger partial charge in [-0.3, -0.25) is 9.69 Å². The molecule has 2 aliphatic heterocycles. The minimum atomic E-state index is 0.116. The van der Waals surface area contributed by atoms with Gasteiger partial charge >= 0.3 is 0 Å². The molecule has 118 valence electrons. The number of ketones is 1. The van der Waals surface area contributed by atoms with Crippen LogP contribution in [-0.2, 0) is 11.3 Å². The van der Waals surface area contributed by atoms with E-state index >= 15 is 0 Å². The zero-order valence-corrected chi connectivity index (χ0v) is 13.2. The molecule has 2 aromatic carbocycles. The van der Waals surface area contributed by atoms with Gasteiger partial charge in [-0.05, 0) is 36.1 Å². The van der Waals surface area contributed by atoms with Crippen LogP contribution in [0.2, 0.25) is 0 Å². The first-order chi connectivity index (χ1) is 11.2. The summed E-state index contributed by atoms with van der Waals surface area (Å²) in [5.74, 6) is 0.545. The van der Waals surface area contributed by atoms with Crippen molar-refractivity contribution in [1.29, 1.82) is 0 Å². The average molecular weight is 306 g/mol. The molecule has 3 heteroatoms. The van der Waals surface area contributed by atoms with Crippen LogP contribution in [0, 0.1) is 5.92 Å². The molecular weight excluding hydrogens is 284 g/mol. The molecule has 5 rings (SSSR count). The van der Waals surface area contributed by atoms with E-state index in [0.29, 0.717) is 18.2 Å². The number of nitrogens with zero attached hydrogens (tertiary/aromatic N) is 1. The third kappa shape index (κ3) is 2.66. The van der Waals surface area contributed by atoms with E-state index in [4.69, 9.17) is 5.73 Å². The highest BCUT2D eigenvalue weighted by Gasteiger charge is 2.46. The highest BCUT2D eigenvalue weighted by molar-refractivity contribution is 5.84. The van der Waals surface area contributed by atoms with E-state index in [1.807, 2.05) is 24.3 Å². The van der Waals surface area contributed by atoms with Crippen molar-refractivity contribution in [2.45, 2.75) is 37.9 Å². The molecule has 23 heavy (non-hydrogen) atoms. The maximum absolute atomic E-state index is 12.5. The Hall–Kier alpha value is -2.13. The standard InChI is InChI=1S/C20H22N2O/c21-16-8-4-7-15(11-16)20-18-10-9-17(12-19(18)23)22(20)13-14-5-2-1-3-6-14/h1-8,11,17-18,20H,9-10,12-13,21H2. The van der Waals surface area contributed by atoms with Gasteiger partial charge in [0.15, 0.2) is 0 Å². The number of carbonyl (C=O) groups excluding carboxylic acids is 1. The van der Waals surface area contributed by atoms with Crippen LogP contribution in [0.3, 0.4) is 0 Å². The fourth-order valence-electron chi connectivity index (χ4n) is 4.28. The number of hydrogen-bond donors (Lipinski definition) is 1. The second-order valence-corrected chi connectivity index (χ2v) is 6.78. The van der Waals surface area contributed by atoms with Gasteiger partial charge in [0.05, 0.1) is 0 Å². The Morgan fingerprint density at radius 3 is 2.61 bits per heavy atom. The molecule has 2 saturated heterocycles. The lowest BCUT2D eigenvalue weighted by atomic mass is 9.71. The second kappa shape index (κ2) is 5.82. The molecule has 2 aromatic rings. The normalized spacial score (nSPS) is 27.3. The Morgan fingerprint density at radius 1 is 1.04 bits per heavy atom. The fraction of sp³-hybridized carbons (Fsp3) is 0.350. The molecule has 0 amide bonds. The molecule has 1 aliphatic carbocycles. The Morgan fingerprint density at radius 2 is 1.87 bits per heavy atom. The van der Waals surface area contributed by atoms with E-state index in [-0.39, 0.29) is 12.0 Å². The van der Waals surface area contributed by atoms with E-state index in [2.05, 4.69) is 35.2 Å². The molecule has 2 N–H and O–H groups in total. The van der Waals surface area contributed by atoms with Crippen molar-refractivity contribution in [3.63, 3.8) is 0 Å². The summed E-state index contributed by atoms with van der Waals surface area (Å²) in [6.07, 6.45) is 2.84. The molecule has 3 unspecified atom stereocenters. The van der Waals surface area contributed by atoms with E-state index < -0.39 is 0 Å². The Bertz CT molecular complexity index is 713. The molecule has 3 fully saturated rings. The van der Waals surface area contributed by atoms with Crippen molar-refractivity contribution in [1.82, 2.24) is 4.90 Å². The van der Waals surface area contributed by atoms with Crippen molar-refractivity contribution < 1.29 is 4.79 Å². The summed E-state index contributed by atoms with van der Waals surface area (Å²) >= 11 is 0. The molecule has 2 heterocycles. The van der Waals surface area contributed by atoms with Crippen LogP contribution in [-0.4, -0.2) is 16.7 Å². The van der Waals surface area contributed by atoms with Crippen molar-refractivity contribution in [2.75, 3.05) is 5.73 Å². The monoisotopic (exact) mass is 306 g/mol. The summed E-state index contributed by atoms with van der Waals surface area (Å²) in [5, 5.41) is 0. The van der Waals surface area contributed by atoms with Crippen LogP contribution in [0.4, 0.5) is 5.69 Å². The van der Waals surface area contributed by atoms with E-state index in [0.717, 1.165) is 25.1 Å². The third-order valence-corrected chi connectivity index (χ3v) is 5.33. The lowest BCUT2D eigenvalue weighted by Crippen LogP contribution is -2.53. The first-order valence-electron chi connectivity index (χ1n) is 8.40. The highest BCUT2D eigenvalue weighted by atomic mass is 16.1. The summed E-state index contributed by atoms with van der Waals surface area (Å²) in [6, 6.07) is 19.1. The van der Waals surface area contributed by atoms with Gasteiger partial charge in [-0.15, -0.1) is 0 Å². The molecule has 3 nitrogen and oxygen atoms in total. The summed E-state index contributed by atoms with van der Waals surface area (Å²) in [7, 11) is 0. The zero-order chi connectivity index (χ0) is 15.8. The number of benzene rings is 2. The second-order valence-electron chi connectivity index (χ2n) is 6.78. The van der Waals surface area contributed by atoms with Crippen LogP contribution in [0.25, 0.3) is 0 Å². The quantitative estimate of drug-likeness (QED) is 0.882. The molecule has 2 bridgehead atoms. The van der Waals surface area contributed by atoms with Crippen LogP contribution in [0.5, 0.6) is 0 Å². The number of piperidine rings is 2. The summed E-state index contributed by atoms with van der Waals surface area (Å²) in [5.41, 5.74) is 9.26. The fourth-order valence-corrected chi connectivity index (χ4v) is 4.28. The molecule has 0 aromatic heterocycles. The van der Waals surface area contributed by atoms with E-state index in [1.165, 1.54) is 11.1 Å². The average Bonchev–Trinajstić information content (AvgIpc) is 2.57. The SMILES string of the molecule is Nc1cccc(C2C3CCC(CC3=O)N2Cc2ccccc2)c1. The van der Waals surface area contributed by atoms with Gasteiger partial charge in [0.2, 0.25) is 0 Å². The van der Waals surface area contributed by atoms with Gasteiger partial charge in [-0.1, -0.05) is 42.5 Å². The number of fused-ring (bicyclic) bond motifs is 3. The molecule has 0 spiro atoms. The number of carbonyl (C=O) groups is 1. The first-order valence-corrected chi connectivity index (χ1v) is 8.40. The predicted octanol–water partition coefficient (Wildman–Crippen LogP) is 3.56. The number of Topliss-reactive ketones (excluding diaryl/α,β-unsaturated/α-hetero) is 1. The first kappa shape index (κ1) is 14.5. The lowest BCUT2D eigenvalue weighted by Gasteiger charge is -2.51. The van der Waals surface area contributed by atoms with Gasteiger partial charge in [-0.2, -0.15) is 0 Å². The third-order valence-electron chi connectivity index (χ3n) is 5.33. The Kier molecular flexibility index (Phi) is 3.66. The minimum absolute atomic E-state index is 0.116. The smallest absolute Gasteiger partial charge is 0.139 e. The summed E-state index contributed by atoms with van der Waals surface area (Å²) in [4.78, 5) is 15.0. The van der Waals surface area contributed by atoms with Crippen molar-refractivity contribution in [3.05, 3.63) is 65.7 Å². The van der Waals surface area contributed by atoms with Crippen molar-refractivity contribution >= 4 is 11.5 Å². The highest BCUT2D eigenvalue weighted by Crippen LogP contribution is 2.46. The van der Waals surface area contributed by atoms with Gasteiger partial charge in [-0.25, -0.2) is 0 Å². The minimum Gasteiger partial charge on any atom is -0.399 e. The van der Waals surface area contributed by atoms with Crippen molar-refractivity contribution in [2.24, 2.45) is 5.92 Å². The topological polar surface area (TPSA) is 46.3 Å². The molecule has 3 atom stereocenters. The van der Waals surface area contributed by atoms with Gasteiger partial charge < -0.3 is 5.73 Å². The molecule has 3 aliphatic rings. The van der Waals surface area contributed by atoms with E-state index in [9.17, 15) is 4.79 Å². The largest absolute Gasteiger partial charge is 0.399 e. The van der Waals surface area contributed by atoms with Crippen LogP contribution >= 0.6 is 0 Å². The van der Waals surface area contributed by atoms with Gasteiger partial charge in [0.25, 0.3) is 0 Å². The zero-order valence-electron chi connectivity index (χ0n) is 13.2. The molecular formula is C20H22N2O. The molecule has 1 saturated carbocycles. The number of nitrogen functional groups attached to an aromatic ring is 1. The summed E-state index contributed by atoms with van der Waals surface area (Å²) < 4.78 is 0. The van der Waals surface area contributed by atoms with Crippen LogP contribution < -0.4 is 5.73 Å². The van der Waals surface area contributed by atoms with Gasteiger partial charge in [0, 0.05) is 36.7 Å². The maximum Gasteiger partial charge on any atom is 0.139 e. The van der Waals surface area contributed by atoms with Crippen LogP contribution in [0.1, 0.15) is 36.4 Å². The lowest BCUT2D eigenvalue weighted by molar-refractivity contribution is -0.138. The number of rotatable bonds is 3. The predicted molar refractivity (Wildman–Crippen MR) is 91.7 cm³/mol. The number of nitrogens with two attached hydrogens (primary N) is 1. The van der Waals surface area contributed by atoms with Crippen LogP contribution in [0.15, 0.2) is 54.6 Å². The van der Waals surface area contributed by atoms with Crippen molar-refractivity contribution in [3.8, 4) is 0 Å². The molecule has 0 radical (unpaired) electrons. The Balaban J connectivity index is 1.71. The number of anilines is 1. The van der Waals surface area contributed by atoms with E-state index in [1.54, 1.807) is 0 Å². The summed E-state index contributed by atoms with van der Waals surface area (Å²) in [6.45, 7) is 0.898. The maximum atomic E-state index is 12.5. The Labute approximate surface area is 137 Å². The number of hydrogen-bond acceptors (Lipinski definition) is 3.